The summed E-state index contributed by atoms with van der Waals surface area (Å²) in [7, 11) is 0. The highest BCUT2D eigenvalue weighted by atomic mass is 16.5. The molecule has 120 valence electrons. The molecule has 1 aromatic carbocycles. The molecule has 0 saturated carbocycles. The molecular weight excluding hydrogens is 292 g/mol. The summed E-state index contributed by atoms with van der Waals surface area (Å²) in [4.78, 5) is 18.6. The number of rotatable bonds is 3. The first-order chi connectivity index (χ1) is 11.2. The Morgan fingerprint density at radius 1 is 1.22 bits per heavy atom. The number of amides is 1. The van der Waals surface area contributed by atoms with Gasteiger partial charge < -0.3 is 4.74 Å². The second kappa shape index (κ2) is 5.68. The van der Waals surface area contributed by atoms with Crippen LogP contribution in [0.4, 0.5) is 5.95 Å². The van der Waals surface area contributed by atoms with Gasteiger partial charge in [-0.05, 0) is 55.9 Å². The van der Waals surface area contributed by atoms with Crippen molar-refractivity contribution in [1.29, 1.82) is 0 Å². The minimum absolute atomic E-state index is 0.0700. The van der Waals surface area contributed by atoms with Gasteiger partial charge in [0.05, 0.1) is 0 Å². The molecule has 1 aliphatic carbocycles. The number of fused-ring (bicyclic) bond motifs is 2. The van der Waals surface area contributed by atoms with Crippen LogP contribution in [0.5, 0.6) is 5.75 Å². The van der Waals surface area contributed by atoms with Crippen molar-refractivity contribution in [2.75, 3.05) is 11.4 Å². The van der Waals surface area contributed by atoms with Crippen LogP contribution < -0.4 is 9.64 Å². The maximum absolute atomic E-state index is 12.7. The lowest BCUT2D eigenvalue weighted by molar-refractivity contribution is -0.124. The average molecular weight is 312 g/mol. The van der Waals surface area contributed by atoms with E-state index in [4.69, 9.17) is 4.74 Å². The fourth-order valence-corrected chi connectivity index (χ4v) is 3.41. The van der Waals surface area contributed by atoms with Crippen molar-refractivity contribution in [2.24, 2.45) is 0 Å². The van der Waals surface area contributed by atoms with Crippen LogP contribution in [-0.4, -0.2) is 33.3 Å². The Morgan fingerprint density at radius 3 is 3.00 bits per heavy atom. The van der Waals surface area contributed by atoms with Crippen molar-refractivity contribution in [3.8, 4) is 5.75 Å². The summed E-state index contributed by atoms with van der Waals surface area (Å²) < 4.78 is 7.66. The van der Waals surface area contributed by atoms with Gasteiger partial charge in [0, 0.05) is 13.1 Å². The van der Waals surface area contributed by atoms with Gasteiger partial charge in [-0.3, -0.25) is 9.69 Å². The highest BCUT2D eigenvalue weighted by Gasteiger charge is 2.29. The lowest BCUT2D eigenvalue weighted by Gasteiger charge is -2.28. The van der Waals surface area contributed by atoms with Crippen LogP contribution in [0.3, 0.4) is 0 Å². The topological polar surface area (TPSA) is 60.2 Å². The second-order valence-corrected chi connectivity index (χ2v) is 6.17. The summed E-state index contributed by atoms with van der Waals surface area (Å²) in [6.45, 7) is 3.26. The summed E-state index contributed by atoms with van der Waals surface area (Å²) in [6, 6.07) is 6.16. The van der Waals surface area contributed by atoms with Crippen molar-refractivity contribution in [2.45, 2.75) is 45.3 Å². The fourth-order valence-electron chi connectivity index (χ4n) is 3.41. The highest BCUT2D eigenvalue weighted by Crippen LogP contribution is 2.27. The summed E-state index contributed by atoms with van der Waals surface area (Å²) in [6.07, 6.45) is 5.28. The van der Waals surface area contributed by atoms with Gasteiger partial charge in [-0.2, -0.15) is 10.1 Å². The molecular formula is C17H20N4O2. The molecule has 0 fully saturated rings. The third-order valence-corrected chi connectivity index (χ3v) is 4.58. The minimum Gasteiger partial charge on any atom is -0.481 e. The lowest BCUT2D eigenvalue weighted by Crippen LogP contribution is -2.44. The van der Waals surface area contributed by atoms with Gasteiger partial charge in [0.25, 0.3) is 5.91 Å². The van der Waals surface area contributed by atoms with Crippen LogP contribution in [0, 0.1) is 0 Å². The first kappa shape index (κ1) is 14.2. The van der Waals surface area contributed by atoms with E-state index in [0.29, 0.717) is 12.5 Å². The molecule has 23 heavy (non-hydrogen) atoms. The number of aryl methyl sites for hydroxylation is 3. The van der Waals surface area contributed by atoms with Gasteiger partial charge in [0.15, 0.2) is 6.10 Å². The predicted octanol–water partition coefficient (Wildman–Crippen LogP) is 1.97. The first-order valence-electron chi connectivity index (χ1n) is 8.20. The number of benzene rings is 1. The molecule has 1 aromatic heterocycles. The molecule has 6 nitrogen and oxygen atoms in total. The summed E-state index contributed by atoms with van der Waals surface area (Å²) in [5.41, 5.74) is 2.75. The molecule has 0 radical (unpaired) electrons. The van der Waals surface area contributed by atoms with Gasteiger partial charge in [0.1, 0.15) is 12.1 Å². The molecule has 0 spiro atoms. The Bertz CT molecular complexity index is 740. The van der Waals surface area contributed by atoms with E-state index in [9.17, 15) is 4.79 Å². The van der Waals surface area contributed by atoms with E-state index in [-0.39, 0.29) is 5.91 Å². The average Bonchev–Trinajstić information content (AvgIpc) is 3.21. The molecule has 0 N–H and O–H groups in total. The zero-order valence-corrected chi connectivity index (χ0v) is 13.2. The summed E-state index contributed by atoms with van der Waals surface area (Å²) >= 11 is 0. The number of hydrogen-bond acceptors (Lipinski definition) is 4. The van der Waals surface area contributed by atoms with Crippen molar-refractivity contribution < 1.29 is 9.53 Å². The largest absolute Gasteiger partial charge is 0.481 e. The molecule has 2 aliphatic rings. The maximum Gasteiger partial charge on any atom is 0.270 e. The zero-order valence-electron chi connectivity index (χ0n) is 13.2. The van der Waals surface area contributed by atoms with Crippen molar-refractivity contribution in [1.82, 2.24) is 14.8 Å². The smallest absolute Gasteiger partial charge is 0.270 e. The second-order valence-electron chi connectivity index (χ2n) is 6.17. The Labute approximate surface area is 135 Å². The van der Waals surface area contributed by atoms with Gasteiger partial charge in [0.2, 0.25) is 5.95 Å². The summed E-state index contributed by atoms with van der Waals surface area (Å²) in [5, 5.41) is 4.14. The van der Waals surface area contributed by atoms with Crippen molar-refractivity contribution >= 4 is 11.9 Å². The number of aromatic nitrogens is 3. The van der Waals surface area contributed by atoms with Crippen LogP contribution in [-0.2, 0) is 24.2 Å². The van der Waals surface area contributed by atoms with E-state index in [2.05, 4.69) is 22.2 Å². The van der Waals surface area contributed by atoms with Crippen LogP contribution in [0.15, 0.2) is 24.5 Å². The number of carbonyl (C=O) groups excluding carboxylic acids is 1. The Balaban J connectivity index is 1.49. The number of ether oxygens (including phenoxy) is 1. The van der Waals surface area contributed by atoms with E-state index in [1.54, 1.807) is 16.5 Å². The fraction of sp³-hybridized carbons (Fsp3) is 0.471. The molecule has 0 unspecified atom stereocenters. The zero-order chi connectivity index (χ0) is 15.8. The van der Waals surface area contributed by atoms with E-state index in [1.165, 1.54) is 23.9 Å². The van der Waals surface area contributed by atoms with Crippen LogP contribution in [0.2, 0.25) is 0 Å². The molecule has 0 saturated heterocycles. The standard InChI is InChI=1S/C17H20N4O2/c1-12(23-15-7-6-13-4-2-5-14(13)10-15)16(22)20-8-3-9-21-17(20)18-11-19-21/h6-7,10-12H,2-5,8-9H2,1H3/t12-/m1/s1. The molecule has 1 aliphatic heterocycles. The quantitative estimate of drug-likeness (QED) is 0.869. The van der Waals surface area contributed by atoms with E-state index in [1.807, 2.05) is 6.07 Å². The normalized spacial score (nSPS) is 17.5. The third kappa shape index (κ3) is 2.58. The number of hydrogen-bond donors (Lipinski definition) is 0. The van der Waals surface area contributed by atoms with Gasteiger partial charge >= 0.3 is 0 Å². The summed E-state index contributed by atoms with van der Waals surface area (Å²) in [5.74, 6) is 1.31. The van der Waals surface area contributed by atoms with E-state index < -0.39 is 6.10 Å². The maximum atomic E-state index is 12.7. The monoisotopic (exact) mass is 312 g/mol. The van der Waals surface area contributed by atoms with Gasteiger partial charge in [-0.15, -0.1) is 0 Å². The van der Waals surface area contributed by atoms with E-state index in [0.717, 1.165) is 31.6 Å². The molecule has 4 rings (SSSR count). The number of carbonyl (C=O) groups is 1. The number of anilines is 1. The van der Waals surface area contributed by atoms with Crippen molar-refractivity contribution in [3.63, 3.8) is 0 Å². The van der Waals surface area contributed by atoms with Crippen LogP contribution in [0.1, 0.15) is 30.9 Å². The van der Waals surface area contributed by atoms with Crippen LogP contribution in [0.25, 0.3) is 0 Å². The van der Waals surface area contributed by atoms with Gasteiger partial charge in [-0.25, -0.2) is 4.68 Å². The number of nitrogens with zero attached hydrogens (tertiary/aromatic N) is 4. The SMILES string of the molecule is C[C@@H](Oc1ccc2c(c1)CCC2)C(=O)N1CCCn2ncnc21. The highest BCUT2D eigenvalue weighted by molar-refractivity contribution is 5.95. The Morgan fingerprint density at radius 2 is 2.09 bits per heavy atom. The Hall–Kier alpha value is -2.37. The molecule has 6 heteroatoms. The Kier molecular flexibility index (Phi) is 3.52. The molecule has 1 atom stereocenters. The molecule has 2 aromatic rings. The predicted molar refractivity (Wildman–Crippen MR) is 85.5 cm³/mol. The van der Waals surface area contributed by atoms with Crippen molar-refractivity contribution in [3.05, 3.63) is 35.7 Å². The minimum atomic E-state index is -0.544. The lowest BCUT2D eigenvalue weighted by atomic mass is 10.1. The van der Waals surface area contributed by atoms with E-state index >= 15 is 0 Å². The van der Waals surface area contributed by atoms with Crippen LogP contribution >= 0.6 is 0 Å². The van der Waals surface area contributed by atoms with Gasteiger partial charge in [-0.1, -0.05) is 6.07 Å². The third-order valence-electron chi connectivity index (χ3n) is 4.58. The molecule has 1 amide bonds. The molecule has 2 heterocycles. The first-order valence-corrected chi connectivity index (χ1v) is 8.20. The molecule has 0 bridgehead atoms.